The molecule has 0 heterocycles. The summed E-state index contributed by atoms with van der Waals surface area (Å²) in [6.07, 6.45) is 0.864. The highest BCUT2D eigenvalue weighted by Crippen LogP contribution is 2.22. The maximum Gasteiger partial charge on any atom is 0.129 e. The number of halogens is 3. The largest absolute Gasteiger partial charge is 0.330 e. The van der Waals surface area contributed by atoms with E-state index >= 15 is 0 Å². The summed E-state index contributed by atoms with van der Waals surface area (Å²) in [6, 6.07) is 12.9. The van der Waals surface area contributed by atoms with Crippen molar-refractivity contribution >= 4 is 27.5 Å². The van der Waals surface area contributed by atoms with Gasteiger partial charge < -0.3 is 5.73 Å². The Balaban J connectivity index is 2.13. The van der Waals surface area contributed by atoms with Crippen molar-refractivity contribution in [3.8, 4) is 0 Å². The first-order chi connectivity index (χ1) is 10.6. The molecule has 2 nitrogen and oxygen atoms in total. The molecule has 0 saturated carbocycles. The zero-order valence-corrected chi connectivity index (χ0v) is 14.6. The Morgan fingerprint density at radius 2 is 1.82 bits per heavy atom. The normalized spacial score (nSPS) is 11.1. The Labute approximate surface area is 144 Å². The van der Waals surface area contributed by atoms with E-state index in [4.69, 9.17) is 17.3 Å². The fraction of sp³-hybridized carbons (Fsp3) is 0.294. The van der Waals surface area contributed by atoms with Crippen molar-refractivity contribution in [3.63, 3.8) is 0 Å². The molecular weight excluding hydrogens is 367 g/mol. The van der Waals surface area contributed by atoms with Crippen molar-refractivity contribution in [1.82, 2.24) is 4.90 Å². The molecule has 22 heavy (non-hydrogen) atoms. The number of nitrogens with two attached hydrogens (primary N) is 1. The highest BCUT2D eigenvalue weighted by atomic mass is 79.9. The Kier molecular flexibility index (Phi) is 6.83. The molecule has 0 fully saturated rings. The minimum Gasteiger partial charge on any atom is -0.330 e. The molecular formula is C17H19BrClFN2. The molecule has 0 atom stereocenters. The second kappa shape index (κ2) is 8.63. The van der Waals surface area contributed by atoms with Crippen LogP contribution in [-0.4, -0.2) is 18.0 Å². The molecule has 0 saturated heterocycles. The molecule has 0 aromatic heterocycles. The maximum atomic E-state index is 14.0. The number of rotatable bonds is 7. The molecule has 0 aliphatic carbocycles. The van der Waals surface area contributed by atoms with E-state index in [1.165, 1.54) is 11.6 Å². The third-order valence-corrected chi connectivity index (χ3v) is 4.32. The first kappa shape index (κ1) is 17.4. The summed E-state index contributed by atoms with van der Waals surface area (Å²) in [6.45, 7) is 2.62. The third kappa shape index (κ3) is 5.06. The summed E-state index contributed by atoms with van der Waals surface area (Å²) in [7, 11) is 0. The molecule has 0 radical (unpaired) electrons. The van der Waals surface area contributed by atoms with Crippen molar-refractivity contribution in [2.75, 3.05) is 13.1 Å². The average molecular weight is 386 g/mol. The van der Waals surface area contributed by atoms with E-state index in [1.54, 1.807) is 12.1 Å². The van der Waals surface area contributed by atoms with Gasteiger partial charge in [0.2, 0.25) is 0 Å². The van der Waals surface area contributed by atoms with Crippen LogP contribution in [0.1, 0.15) is 17.5 Å². The molecule has 0 aliphatic rings. The Bertz CT molecular complexity index is 584. The van der Waals surface area contributed by atoms with Gasteiger partial charge in [0, 0.05) is 34.7 Å². The molecule has 0 spiro atoms. The zero-order valence-electron chi connectivity index (χ0n) is 12.2. The van der Waals surface area contributed by atoms with E-state index < -0.39 is 0 Å². The van der Waals surface area contributed by atoms with Crippen LogP contribution in [0, 0.1) is 5.82 Å². The second-order valence-electron chi connectivity index (χ2n) is 5.18. The fourth-order valence-electron chi connectivity index (χ4n) is 2.28. The summed E-state index contributed by atoms with van der Waals surface area (Å²) in [5.41, 5.74) is 7.32. The highest BCUT2D eigenvalue weighted by molar-refractivity contribution is 9.10. The second-order valence-corrected chi connectivity index (χ2v) is 6.50. The lowest BCUT2D eigenvalue weighted by molar-refractivity contribution is 0.251. The van der Waals surface area contributed by atoms with Crippen LogP contribution in [-0.2, 0) is 13.1 Å². The van der Waals surface area contributed by atoms with Gasteiger partial charge in [0.05, 0.1) is 0 Å². The fourth-order valence-corrected chi connectivity index (χ4v) is 2.77. The summed E-state index contributed by atoms with van der Waals surface area (Å²) >= 11 is 9.56. The van der Waals surface area contributed by atoms with Gasteiger partial charge in [-0.3, -0.25) is 4.90 Å². The molecule has 118 valence electrons. The van der Waals surface area contributed by atoms with Gasteiger partial charge >= 0.3 is 0 Å². The first-order valence-electron chi connectivity index (χ1n) is 7.20. The quantitative estimate of drug-likeness (QED) is 0.755. The van der Waals surface area contributed by atoms with Crippen LogP contribution >= 0.6 is 27.5 Å². The minimum absolute atomic E-state index is 0.263. The molecule has 5 heteroatoms. The van der Waals surface area contributed by atoms with Gasteiger partial charge in [0.15, 0.2) is 0 Å². The van der Waals surface area contributed by atoms with E-state index in [0.717, 1.165) is 24.0 Å². The van der Waals surface area contributed by atoms with Crippen molar-refractivity contribution in [3.05, 3.63) is 68.9 Å². The Morgan fingerprint density at radius 1 is 1.09 bits per heavy atom. The number of nitrogens with zero attached hydrogens (tertiary/aromatic N) is 1. The maximum absolute atomic E-state index is 14.0. The predicted octanol–water partition coefficient (Wildman–Crippen LogP) is 4.59. The number of benzene rings is 2. The van der Waals surface area contributed by atoms with Gasteiger partial charge in [-0.1, -0.05) is 45.7 Å². The van der Waals surface area contributed by atoms with E-state index in [0.29, 0.717) is 23.7 Å². The van der Waals surface area contributed by atoms with Gasteiger partial charge in [-0.15, -0.1) is 0 Å². The van der Waals surface area contributed by atoms with Crippen molar-refractivity contribution in [1.29, 1.82) is 0 Å². The molecule has 0 amide bonds. The average Bonchev–Trinajstić information content (AvgIpc) is 2.50. The van der Waals surface area contributed by atoms with Gasteiger partial charge in [0.25, 0.3) is 0 Å². The van der Waals surface area contributed by atoms with Gasteiger partial charge in [0.1, 0.15) is 5.82 Å². The number of hydrogen-bond donors (Lipinski definition) is 1. The van der Waals surface area contributed by atoms with Crippen LogP contribution in [0.2, 0.25) is 5.02 Å². The van der Waals surface area contributed by atoms with Crippen LogP contribution in [0.25, 0.3) is 0 Å². The zero-order chi connectivity index (χ0) is 15.9. The van der Waals surface area contributed by atoms with E-state index in [1.807, 2.05) is 12.1 Å². The van der Waals surface area contributed by atoms with Gasteiger partial charge in [-0.25, -0.2) is 4.39 Å². The Hall–Kier alpha value is -0.940. The van der Waals surface area contributed by atoms with Crippen LogP contribution in [0.5, 0.6) is 0 Å². The van der Waals surface area contributed by atoms with Gasteiger partial charge in [-0.05, 0) is 42.8 Å². The summed E-state index contributed by atoms with van der Waals surface area (Å²) in [5.74, 6) is -0.263. The molecule has 2 aromatic rings. The topological polar surface area (TPSA) is 29.3 Å². The van der Waals surface area contributed by atoms with Crippen molar-refractivity contribution in [2.45, 2.75) is 19.5 Å². The first-order valence-corrected chi connectivity index (χ1v) is 8.37. The molecule has 0 aliphatic heterocycles. The molecule has 2 aromatic carbocycles. The van der Waals surface area contributed by atoms with Gasteiger partial charge in [-0.2, -0.15) is 0 Å². The summed E-state index contributed by atoms with van der Waals surface area (Å²) < 4.78 is 15.0. The van der Waals surface area contributed by atoms with Crippen LogP contribution < -0.4 is 5.73 Å². The van der Waals surface area contributed by atoms with E-state index in [9.17, 15) is 4.39 Å². The van der Waals surface area contributed by atoms with Crippen LogP contribution in [0.4, 0.5) is 4.39 Å². The highest BCUT2D eigenvalue weighted by Gasteiger charge is 2.13. The smallest absolute Gasteiger partial charge is 0.129 e. The third-order valence-electron chi connectivity index (χ3n) is 3.44. The van der Waals surface area contributed by atoms with Crippen molar-refractivity contribution in [2.24, 2.45) is 5.73 Å². The van der Waals surface area contributed by atoms with Crippen molar-refractivity contribution < 1.29 is 4.39 Å². The summed E-state index contributed by atoms with van der Waals surface area (Å²) in [5, 5.41) is 0.466. The SMILES string of the molecule is NCCCN(Cc1ccc(Br)cc1)Cc1c(F)cccc1Cl. The van der Waals surface area contributed by atoms with Crippen LogP contribution in [0.3, 0.4) is 0 Å². The van der Waals surface area contributed by atoms with E-state index in [-0.39, 0.29) is 5.82 Å². The lowest BCUT2D eigenvalue weighted by Crippen LogP contribution is -2.26. The van der Waals surface area contributed by atoms with Crippen LogP contribution in [0.15, 0.2) is 46.9 Å². The monoisotopic (exact) mass is 384 g/mol. The Morgan fingerprint density at radius 3 is 2.45 bits per heavy atom. The lowest BCUT2D eigenvalue weighted by Gasteiger charge is -2.23. The predicted molar refractivity (Wildman–Crippen MR) is 93.3 cm³/mol. The molecule has 0 unspecified atom stereocenters. The van der Waals surface area contributed by atoms with E-state index in [2.05, 4.69) is 33.0 Å². The summed E-state index contributed by atoms with van der Waals surface area (Å²) in [4.78, 5) is 2.17. The molecule has 2 rings (SSSR count). The molecule has 0 bridgehead atoms. The number of hydrogen-bond acceptors (Lipinski definition) is 2. The standard InChI is InChI=1S/C17H19BrClFN2/c18-14-7-5-13(6-8-14)11-22(10-2-9-21)12-15-16(19)3-1-4-17(15)20/h1,3-8H,2,9-12,21H2. The lowest BCUT2D eigenvalue weighted by atomic mass is 10.1. The molecule has 2 N–H and O–H groups in total. The minimum atomic E-state index is -0.263.